The van der Waals surface area contributed by atoms with E-state index in [1.165, 1.54) is 0 Å². The monoisotopic (exact) mass is 394 g/mol. The third kappa shape index (κ3) is 4.68. The number of aryl methyl sites for hydroxylation is 2. The molecule has 0 aliphatic carbocycles. The molecule has 2 heterocycles. The topological polar surface area (TPSA) is 93.8 Å². The number of carbonyl (C=O) groups is 2. The van der Waals surface area contributed by atoms with E-state index in [2.05, 4.69) is 20.8 Å². The molecule has 148 valence electrons. The fraction of sp³-hybridized carbons (Fsp3) is 0.556. The van der Waals surface area contributed by atoms with Crippen molar-refractivity contribution in [3.8, 4) is 0 Å². The number of carbonyl (C=O) groups excluding carboxylic acids is 2. The Bertz CT molecular complexity index is 839. The summed E-state index contributed by atoms with van der Waals surface area (Å²) in [4.78, 5) is 25.2. The molecule has 1 unspecified atom stereocenters. The number of hydrogen-bond acceptors (Lipinski definition) is 4. The zero-order valence-electron chi connectivity index (χ0n) is 16.6. The van der Waals surface area contributed by atoms with Crippen molar-refractivity contribution in [2.75, 3.05) is 11.9 Å². The van der Waals surface area contributed by atoms with Gasteiger partial charge in [0, 0.05) is 19.3 Å². The molecule has 27 heavy (non-hydrogen) atoms. The van der Waals surface area contributed by atoms with Gasteiger partial charge < -0.3 is 10.6 Å². The maximum atomic E-state index is 12.7. The van der Waals surface area contributed by atoms with Crippen molar-refractivity contribution >= 4 is 29.1 Å². The predicted molar refractivity (Wildman–Crippen MR) is 105 cm³/mol. The van der Waals surface area contributed by atoms with E-state index in [-0.39, 0.29) is 17.5 Å². The van der Waals surface area contributed by atoms with Gasteiger partial charge >= 0.3 is 0 Å². The second kappa shape index (κ2) is 8.56. The second-order valence-electron chi connectivity index (χ2n) is 6.95. The molecule has 0 aromatic carbocycles. The Morgan fingerprint density at radius 2 is 1.89 bits per heavy atom. The van der Waals surface area contributed by atoms with Crippen molar-refractivity contribution in [1.29, 1.82) is 0 Å². The molecule has 1 atom stereocenters. The van der Waals surface area contributed by atoms with Crippen LogP contribution in [0, 0.1) is 19.8 Å². The van der Waals surface area contributed by atoms with Crippen LogP contribution in [-0.2, 0) is 11.3 Å². The van der Waals surface area contributed by atoms with Crippen LogP contribution in [0.1, 0.15) is 55.6 Å². The Morgan fingerprint density at radius 3 is 2.41 bits per heavy atom. The summed E-state index contributed by atoms with van der Waals surface area (Å²) in [6.07, 6.45) is 1.66. The Balaban J connectivity index is 2.22. The lowest BCUT2D eigenvalue weighted by atomic mass is 10.2. The zero-order valence-corrected chi connectivity index (χ0v) is 17.4. The average Bonchev–Trinajstić information content (AvgIpc) is 3.15. The summed E-state index contributed by atoms with van der Waals surface area (Å²) in [7, 11) is 0. The molecule has 2 aromatic rings. The number of amides is 2. The van der Waals surface area contributed by atoms with Gasteiger partial charge in [-0.25, -0.2) is 0 Å². The Morgan fingerprint density at radius 1 is 1.22 bits per heavy atom. The molecule has 0 radical (unpaired) electrons. The average molecular weight is 395 g/mol. The number of hydrogen-bond donors (Lipinski definition) is 2. The molecular formula is C18H27ClN6O2. The molecule has 2 rings (SSSR count). The van der Waals surface area contributed by atoms with Gasteiger partial charge in [-0.3, -0.25) is 19.0 Å². The van der Waals surface area contributed by atoms with E-state index in [4.69, 9.17) is 11.6 Å². The van der Waals surface area contributed by atoms with Crippen LogP contribution in [-0.4, -0.2) is 37.9 Å². The van der Waals surface area contributed by atoms with Gasteiger partial charge in [-0.1, -0.05) is 25.4 Å². The molecule has 0 bridgehead atoms. The van der Waals surface area contributed by atoms with Crippen LogP contribution in [0.5, 0.6) is 0 Å². The van der Waals surface area contributed by atoms with E-state index < -0.39 is 6.04 Å². The Hall–Kier alpha value is -2.35. The van der Waals surface area contributed by atoms with E-state index in [1.54, 1.807) is 29.4 Å². The number of rotatable bonds is 7. The minimum absolute atomic E-state index is 0.199. The van der Waals surface area contributed by atoms with Crippen LogP contribution >= 0.6 is 11.6 Å². The van der Waals surface area contributed by atoms with Gasteiger partial charge in [0.15, 0.2) is 5.69 Å². The molecule has 0 saturated heterocycles. The lowest BCUT2D eigenvalue weighted by molar-refractivity contribution is -0.119. The number of anilines is 1. The summed E-state index contributed by atoms with van der Waals surface area (Å²) in [6, 6.07) is -0.590. The van der Waals surface area contributed by atoms with Crippen LogP contribution in [0.4, 0.5) is 5.69 Å². The maximum absolute atomic E-state index is 12.7. The van der Waals surface area contributed by atoms with Crippen LogP contribution < -0.4 is 10.6 Å². The first-order chi connectivity index (χ1) is 12.6. The first-order valence-electron chi connectivity index (χ1n) is 9.03. The Labute approximate surface area is 164 Å². The summed E-state index contributed by atoms with van der Waals surface area (Å²) in [6.45, 7) is 12.4. The highest BCUT2D eigenvalue weighted by molar-refractivity contribution is 6.31. The Kier molecular flexibility index (Phi) is 6.64. The standard InChI is InChI=1S/C18H27ClN6O2/c1-7-24-9-14(16(23-24)18(27)20-8-10(2)3)21-17(26)13(6)25-12(5)15(19)11(4)22-25/h9-10,13H,7-8H2,1-6H3,(H,20,27)(H,21,26). The predicted octanol–water partition coefficient (Wildman–Crippen LogP) is 2.96. The van der Waals surface area contributed by atoms with Crippen molar-refractivity contribution in [3.05, 3.63) is 28.3 Å². The molecular weight excluding hydrogens is 368 g/mol. The lowest BCUT2D eigenvalue weighted by Crippen LogP contribution is -2.30. The number of aromatic nitrogens is 4. The highest BCUT2D eigenvalue weighted by atomic mass is 35.5. The smallest absolute Gasteiger partial charge is 0.273 e. The SMILES string of the molecule is CCn1cc(NC(=O)C(C)n2nc(C)c(Cl)c2C)c(C(=O)NCC(C)C)n1. The lowest BCUT2D eigenvalue weighted by Gasteiger charge is -2.14. The molecule has 0 fully saturated rings. The van der Waals surface area contributed by atoms with Crippen LogP contribution in [0.3, 0.4) is 0 Å². The summed E-state index contributed by atoms with van der Waals surface area (Å²) in [5.74, 6) is -0.296. The molecule has 0 saturated carbocycles. The third-order valence-electron chi connectivity index (χ3n) is 4.21. The van der Waals surface area contributed by atoms with E-state index in [0.717, 1.165) is 5.69 Å². The van der Waals surface area contributed by atoms with Crippen molar-refractivity contribution in [2.24, 2.45) is 5.92 Å². The van der Waals surface area contributed by atoms with Gasteiger partial charge in [0.1, 0.15) is 6.04 Å². The first-order valence-corrected chi connectivity index (χ1v) is 9.41. The zero-order chi connectivity index (χ0) is 20.3. The quantitative estimate of drug-likeness (QED) is 0.754. The van der Waals surface area contributed by atoms with Crippen molar-refractivity contribution in [3.63, 3.8) is 0 Å². The summed E-state index contributed by atoms with van der Waals surface area (Å²) >= 11 is 6.18. The molecule has 9 heteroatoms. The minimum atomic E-state index is -0.590. The van der Waals surface area contributed by atoms with Gasteiger partial charge in [0.25, 0.3) is 5.91 Å². The van der Waals surface area contributed by atoms with Crippen molar-refractivity contribution in [2.45, 2.75) is 54.1 Å². The van der Waals surface area contributed by atoms with E-state index in [9.17, 15) is 9.59 Å². The second-order valence-corrected chi connectivity index (χ2v) is 7.32. The summed E-state index contributed by atoms with van der Waals surface area (Å²) in [5, 5.41) is 14.8. The van der Waals surface area contributed by atoms with E-state index in [1.807, 2.05) is 27.7 Å². The molecule has 0 aliphatic rings. The molecule has 2 aromatic heterocycles. The van der Waals surface area contributed by atoms with E-state index >= 15 is 0 Å². The van der Waals surface area contributed by atoms with Gasteiger partial charge in [0.05, 0.1) is 22.1 Å². The maximum Gasteiger partial charge on any atom is 0.273 e. The number of nitrogens with one attached hydrogen (secondary N) is 2. The molecule has 8 nitrogen and oxygen atoms in total. The van der Waals surface area contributed by atoms with Crippen LogP contribution in [0.25, 0.3) is 0 Å². The first kappa shape index (κ1) is 21.0. The normalized spacial score (nSPS) is 12.3. The fourth-order valence-electron chi connectivity index (χ4n) is 2.59. The van der Waals surface area contributed by atoms with Gasteiger partial charge in [-0.15, -0.1) is 0 Å². The molecule has 0 aliphatic heterocycles. The molecule has 0 spiro atoms. The van der Waals surface area contributed by atoms with Gasteiger partial charge in [0.2, 0.25) is 5.91 Å². The number of nitrogens with zero attached hydrogens (tertiary/aromatic N) is 4. The van der Waals surface area contributed by atoms with Gasteiger partial charge in [-0.2, -0.15) is 10.2 Å². The van der Waals surface area contributed by atoms with Crippen molar-refractivity contribution < 1.29 is 9.59 Å². The summed E-state index contributed by atoms with van der Waals surface area (Å²) < 4.78 is 3.19. The third-order valence-corrected chi connectivity index (χ3v) is 4.76. The highest BCUT2D eigenvalue weighted by Crippen LogP contribution is 2.23. The van der Waals surface area contributed by atoms with E-state index in [0.29, 0.717) is 35.4 Å². The van der Waals surface area contributed by atoms with Crippen LogP contribution in [0.2, 0.25) is 5.02 Å². The van der Waals surface area contributed by atoms with Gasteiger partial charge in [-0.05, 0) is 33.6 Å². The molecule has 2 N–H and O–H groups in total. The number of halogens is 1. The fourth-order valence-corrected chi connectivity index (χ4v) is 2.72. The highest BCUT2D eigenvalue weighted by Gasteiger charge is 2.24. The largest absolute Gasteiger partial charge is 0.350 e. The van der Waals surface area contributed by atoms with Crippen molar-refractivity contribution in [1.82, 2.24) is 24.9 Å². The van der Waals surface area contributed by atoms with Crippen LogP contribution in [0.15, 0.2) is 6.20 Å². The summed E-state index contributed by atoms with van der Waals surface area (Å²) in [5.41, 5.74) is 1.96. The molecule has 2 amide bonds. The minimum Gasteiger partial charge on any atom is -0.350 e.